The lowest BCUT2D eigenvalue weighted by molar-refractivity contribution is -0.0119. The van der Waals surface area contributed by atoms with E-state index in [2.05, 4.69) is 18.7 Å². The fourth-order valence-corrected chi connectivity index (χ4v) is 5.46. The molecular weight excluding hydrogens is 230 g/mol. The molecule has 4 bridgehead atoms. The van der Waals surface area contributed by atoms with E-state index >= 15 is 0 Å². The van der Waals surface area contributed by atoms with E-state index in [0.717, 1.165) is 29.4 Å². The molecule has 0 radical (unpaired) electrons. The van der Waals surface area contributed by atoms with Crippen molar-refractivity contribution >= 4 is 11.3 Å². The molecule has 2 N–H and O–H groups in total. The molecule has 4 fully saturated rings. The molecule has 1 heteroatoms. The lowest BCUT2D eigenvalue weighted by Crippen LogP contribution is -2.45. The van der Waals surface area contributed by atoms with Gasteiger partial charge in [0.15, 0.2) is 0 Å². The van der Waals surface area contributed by atoms with Crippen LogP contribution in [0.4, 0.5) is 5.69 Å². The Morgan fingerprint density at radius 1 is 0.947 bits per heavy atom. The molecule has 0 saturated heterocycles. The van der Waals surface area contributed by atoms with Gasteiger partial charge in [-0.15, -0.1) is 0 Å². The topological polar surface area (TPSA) is 26.0 Å². The number of para-hydroxylation sites is 1. The summed E-state index contributed by atoms with van der Waals surface area (Å²) in [4.78, 5) is 0. The zero-order chi connectivity index (χ0) is 13.0. The smallest absolute Gasteiger partial charge is 0.0390 e. The van der Waals surface area contributed by atoms with Crippen LogP contribution in [-0.2, 0) is 0 Å². The van der Waals surface area contributed by atoms with Gasteiger partial charge < -0.3 is 5.73 Å². The van der Waals surface area contributed by atoms with E-state index in [0.29, 0.717) is 5.92 Å². The highest BCUT2D eigenvalue weighted by molar-refractivity contribution is 5.75. The Kier molecular flexibility index (Phi) is 2.51. The predicted molar refractivity (Wildman–Crippen MR) is 80.4 cm³/mol. The van der Waals surface area contributed by atoms with Crippen molar-refractivity contribution in [2.45, 2.75) is 32.1 Å². The van der Waals surface area contributed by atoms with Gasteiger partial charge in [0.1, 0.15) is 0 Å². The molecule has 100 valence electrons. The molecule has 4 saturated carbocycles. The minimum atomic E-state index is 0.706. The molecule has 0 spiro atoms. The highest BCUT2D eigenvalue weighted by Crippen LogP contribution is 2.59. The van der Waals surface area contributed by atoms with Gasteiger partial charge in [0.05, 0.1) is 0 Å². The average molecular weight is 253 g/mol. The van der Waals surface area contributed by atoms with Crippen molar-refractivity contribution in [3.05, 3.63) is 36.4 Å². The van der Waals surface area contributed by atoms with Crippen molar-refractivity contribution in [2.75, 3.05) is 5.73 Å². The van der Waals surface area contributed by atoms with Gasteiger partial charge in [0, 0.05) is 11.3 Å². The SMILES string of the molecule is C=C(c1ccccc1N)C1C2CC3CC(C2)CC1C3. The van der Waals surface area contributed by atoms with E-state index in [1.807, 2.05) is 12.1 Å². The Hall–Kier alpha value is -1.24. The predicted octanol–water partition coefficient (Wildman–Crippen LogP) is 4.35. The lowest BCUT2D eigenvalue weighted by atomic mass is 9.50. The first-order chi connectivity index (χ1) is 9.22. The zero-order valence-electron chi connectivity index (χ0n) is 11.5. The second kappa shape index (κ2) is 4.13. The average Bonchev–Trinajstić information content (AvgIpc) is 2.37. The first kappa shape index (κ1) is 11.6. The van der Waals surface area contributed by atoms with Crippen LogP contribution in [0, 0.1) is 29.6 Å². The first-order valence-electron chi connectivity index (χ1n) is 7.76. The number of hydrogen-bond acceptors (Lipinski definition) is 1. The summed E-state index contributed by atoms with van der Waals surface area (Å²) in [7, 11) is 0. The van der Waals surface area contributed by atoms with Gasteiger partial charge in [-0.1, -0.05) is 24.8 Å². The van der Waals surface area contributed by atoms with Crippen molar-refractivity contribution in [3.8, 4) is 0 Å². The molecule has 4 aliphatic carbocycles. The Balaban J connectivity index is 1.66. The van der Waals surface area contributed by atoms with Gasteiger partial charge in [0.2, 0.25) is 0 Å². The van der Waals surface area contributed by atoms with E-state index < -0.39 is 0 Å². The number of nitrogen functional groups attached to an aromatic ring is 1. The van der Waals surface area contributed by atoms with Gasteiger partial charge in [0.25, 0.3) is 0 Å². The molecule has 19 heavy (non-hydrogen) atoms. The largest absolute Gasteiger partial charge is 0.398 e. The summed E-state index contributed by atoms with van der Waals surface area (Å²) in [6.45, 7) is 4.45. The van der Waals surface area contributed by atoms with Crippen molar-refractivity contribution in [1.29, 1.82) is 0 Å². The highest BCUT2D eigenvalue weighted by Gasteiger charge is 2.49. The maximum absolute atomic E-state index is 6.15. The number of anilines is 1. The molecular formula is C18H23N. The van der Waals surface area contributed by atoms with Crippen LogP contribution in [0.3, 0.4) is 0 Å². The molecule has 0 aromatic heterocycles. The number of rotatable bonds is 2. The second-order valence-electron chi connectivity index (χ2n) is 7.07. The Bertz CT molecular complexity index is 488. The van der Waals surface area contributed by atoms with Crippen molar-refractivity contribution in [1.82, 2.24) is 0 Å². The summed E-state index contributed by atoms with van der Waals surface area (Å²) < 4.78 is 0. The summed E-state index contributed by atoms with van der Waals surface area (Å²) in [6.07, 6.45) is 7.30. The van der Waals surface area contributed by atoms with Crippen molar-refractivity contribution in [3.63, 3.8) is 0 Å². The Labute approximate surface area is 115 Å². The molecule has 0 heterocycles. The molecule has 5 rings (SSSR count). The van der Waals surface area contributed by atoms with Gasteiger partial charge in [-0.3, -0.25) is 0 Å². The third-order valence-corrected chi connectivity index (χ3v) is 5.94. The van der Waals surface area contributed by atoms with Crippen LogP contribution >= 0.6 is 0 Å². The normalized spacial score (nSPS) is 39.5. The molecule has 1 aromatic rings. The molecule has 0 aliphatic heterocycles. The summed E-state index contributed by atoms with van der Waals surface area (Å²) in [5, 5.41) is 0. The van der Waals surface area contributed by atoms with Crippen LogP contribution in [0.2, 0.25) is 0 Å². The van der Waals surface area contributed by atoms with Crippen LogP contribution < -0.4 is 5.73 Å². The summed E-state index contributed by atoms with van der Waals surface area (Å²) >= 11 is 0. The Morgan fingerprint density at radius 3 is 2.11 bits per heavy atom. The fourth-order valence-electron chi connectivity index (χ4n) is 5.46. The van der Waals surface area contributed by atoms with Gasteiger partial charge in [-0.2, -0.15) is 0 Å². The molecule has 0 unspecified atom stereocenters. The van der Waals surface area contributed by atoms with Crippen LogP contribution in [0.15, 0.2) is 30.8 Å². The number of allylic oxidation sites excluding steroid dienone is 1. The van der Waals surface area contributed by atoms with E-state index in [1.54, 1.807) is 0 Å². The van der Waals surface area contributed by atoms with Crippen molar-refractivity contribution < 1.29 is 0 Å². The molecule has 1 nitrogen and oxygen atoms in total. The summed E-state index contributed by atoms with van der Waals surface area (Å²) in [6, 6.07) is 8.27. The Morgan fingerprint density at radius 2 is 1.53 bits per heavy atom. The maximum Gasteiger partial charge on any atom is 0.0390 e. The van der Waals surface area contributed by atoms with E-state index in [1.165, 1.54) is 43.2 Å². The standard InChI is InChI=1S/C18H23N/c1-11(16-4-2-3-5-17(16)19)18-14-7-12-6-13(9-14)10-15(18)8-12/h2-5,12-15,18H,1,6-10,19H2. The first-order valence-corrected chi connectivity index (χ1v) is 7.76. The summed E-state index contributed by atoms with van der Waals surface area (Å²) in [5.41, 5.74) is 9.59. The quantitative estimate of drug-likeness (QED) is 0.779. The van der Waals surface area contributed by atoms with Gasteiger partial charge >= 0.3 is 0 Å². The van der Waals surface area contributed by atoms with E-state index in [-0.39, 0.29) is 0 Å². The number of benzene rings is 1. The maximum atomic E-state index is 6.15. The minimum absolute atomic E-state index is 0.706. The zero-order valence-corrected chi connectivity index (χ0v) is 11.5. The monoisotopic (exact) mass is 253 g/mol. The van der Waals surface area contributed by atoms with E-state index in [4.69, 9.17) is 5.73 Å². The molecule has 1 aromatic carbocycles. The second-order valence-corrected chi connectivity index (χ2v) is 7.07. The van der Waals surface area contributed by atoms with Crippen LogP contribution in [-0.4, -0.2) is 0 Å². The number of nitrogens with two attached hydrogens (primary N) is 1. The van der Waals surface area contributed by atoms with Gasteiger partial charge in [-0.25, -0.2) is 0 Å². The third-order valence-electron chi connectivity index (χ3n) is 5.94. The van der Waals surface area contributed by atoms with Crippen LogP contribution in [0.5, 0.6) is 0 Å². The van der Waals surface area contributed by atoms with E-state index in [9.17, 15) is 0 Å². The lowest BCUT2D eigenvalue weighted by Gasteiger charge is -2.55. The summed E-state index contributed by atoms with van der Waals surface area (Å²) in [5.74, 6) is 4.54. The van der Waals surface area contributed by atoms with Crippen LogP contribution in [0.1, 0.15) is 37.7 Å². The van der Waals surface area contributed by atoms with Gasteiger partial charge in [-0.05, 0) is 73.3 Å². The molecule has 4 aliphatic rings. The number of hydrogen-bond donors (Lipinski definition) is 1. The molecule has 0 amide bonds. The third kappa shape index (κ3) is 1.74. The van der Waals surface area contributed by atoms with Crippen LogP contribution in [0.25, 0.3) is 5.57 Å². The minimum Gasteiger partial charge on any atom is -0.398 e. The van der Waals surface area contributed by atoms with Crippen molar-refractivity contribution in [2.24, 2.45) is 29.6 Å². The molecule has 0 atom stereocenters. The fraction of sp³-hybridized carbons (Fsp3) is 0.556. The highest BCUT2D eigenvalue weighted by atomic mass is 14.6.